The minimum absolute atomic E-state index is 0.0130. The van der Waals surface area contributed by atoms with Crippen LogP contribution in [0.1, 0.15) is 42.4 Å². The van der Waals surface area contributed by atoms with Gasteiger partial charge in [-0.05, 0) is 53.6 Å². The molecule has 1 aliphatic heterocycles. The number of halogens is 5. The highest BCUT2D eigenvalue weighted by molar-refractivity contribution is 7.18. The van der Waals surface area contributed by atoms with E-state index >= 15 is 0 Å². The quantitative estimate of drug-likeness (QED) is 0.266. The maximum absolute atomic E-state index is 13.7. The summed E-state index contributed by atoms with van der Waals surface area (Å²) in [5.41, 5.74) is 0.877. The van der Waals surface area contributed by atoms with Gasteiger partial charge in [0, 0.05) is 37.5 Å². The number of hydrogen-bond donors (Lipinski definition) is 1. The minimum Gasteiger partial charge on any atom is -0.323 e. The standard InChI is InChI=1S/C28H19Cl2F3N4O3S/c29-20-9-15(4-6-19(20)26(39)36-24-7-5-17(13-35-24)28(31,32)33)14-37-21(12-18-3-1-2-8-34-18)22(38)10-16-11-23(30)41-25(16)27(37)40/h1-9,11,13,21H,10,12,14H2,(H,35,36,39). The topological polar surface area (TPSA) is 92.3 Å². The molecule has 2 amide bonds. The highest BCUT2D eigenvalue weighted by atomic mass is 35.5. The van der Waals surface area contributed by atoms with Crippen LogP contribution < -0.4 is 5.32 Å². The molecule has 1 aromatic carbocycles. The molecule has 0 saturated heterocycles. The Hall–Kier alpha value is -3.80. The Labute approximate surface area is 245 Å². The largest absolute Gasteiger partial charge is 0.417 e. The van der Waals surface area contributed by atoms with E-state index < -0.39 is 23.7 Å². The summed E-state index contributed by atoms with van der Waals surface area (Å²) in [5, 5.41) is 2.46. The average molecular weight is 619 g/mol. The Bertz CT molecular complexity index is 1630. The molecule has 0 radical (unpaired) electrons. The summed E-state index contributed by atoms with van der Waals surface area (Å²) in [7, 11) is 0. The second kappa shape index (κ2) is 11.6. The van der Waals surface area contributed by atoms with Crippen LogP contribution in [0.3, 0.4) is 0 Å². The van der Waals surface area contributed by atoms with Gasteiger partial charge in [-0.25, -0.2) is 4.98 Å². The number of anilines is 1. The van der Waals surface area contributed by atoms with E-state index in [4.69, 9.17) is 23.2 Å². The first-order valence-electron chi connectivity index (χ1n) is 12.1. The molecule has 13 heteroatoms. The van der Waals surface area contributed by atoms with Crippen LogP contribution in [0.15, 0.2) is 67.0 Å². The van der Waals surface area contributed by atoms with Crippen molar-refractivity contribution in [3.63, 3.8) is 0 Å². The Morgan fingerprint density at radius 1 is 1.07 bits per heavy atom. The smallest absolute Gasteiger partial charge is 0.323 e. The van der Waals surface area contributed by atoms with Gasteiger partial charge in [0.25, 0.3) is 11.8 Å². The fourth-order valence-corrected chi connectivity index (χ4v) is 5.95. The molecule has 1 N–H and O–H groups in total. The maximum atomic E-state index is 13.7. The third-order valence-corrected chi connectivity index (χ3v) is 8.05. The molecule has 0 spiro atoms. The minimum atomic E-state index is -4.55. The molecule has 1 aliphatic rings. The molecule has 0 fully saturated rings. The molecule has 41 heavy (non-hydrogen) atoms. The number of amides is 2. The van der Waals surface area contributed by atoms with Gasteiger partial charge in [0.1, 0.15) is 5.82 Å². The predicted octanol–water partition coefficient (Wildman–Crippen LogP) is 6.49. The molecule has 1 atom stereocenters. The molecule has 5 rings (SSSR count). The number of Topliss-reactive ketones (excluding diaryl/α,β-unsaturated/α-hetero) is 1. The van der Waals surface area contributed by atoms with E-state index in [1.165, 1.54) is 17.0 Å². The average Bonchev–Trinajstić information content (AvgIpc) is 3.26. The highest BCUT2D eigenvalue weighted by Gasteiger charge is 2.37. The second-order valence-corrected chi connectivity index (χ2v) is 11.3. The number of nitrogens with zero attached hydrogens (tertiary/aromatic N) is 3. The number of fused-ring (bicyclic) bond motifs is 1. The normalized spacial score (nSPS) is 15.4. The summed E-state index contributed by atoms with van der Waals surface area (Å²) >= 11 is 13.7. The Kier molecular flexibility index (Phi) is 8.12. The van der Waals surface area contributed by atoms with Crippen LogP contribution in [-0.4, -0.2) is 38.5 Å². The fraction of sp³-hybridized carbons (Fsp3) is 0.179. The van der Waals surface area contributed by atoms with Crippen LogP contribution >= 0.6 is 34.5 Å². The van der Waals surface area contributed by atoms with E-state index in [9.17, 15) is 27.6 Å². The zero-order valence-electron chi connectivity index (χ0n) is 20.9. The molecule has 0 aliphatic carbocycles. The predicted molar refractivity (Wildman–Crippen MR) is 148 cm³/mol. The number of thiophene rings is 1. The molecule has 4 aromatic rings. The van der Waals surface area contributed by atoms with Gasteiger partial charge in [-0.1, -0.05) is 35.3 Å². The summed E-state index contributed by atoms with van der Waals surface area (Å²) in [6, 6.07) is 12.5. The van der Waals surface area contributed by atoms with Gasteiger partial charge < -0.3 is 10.2 Å². The number of carbonyl (C=O) groups is 3. The molecule has 7 nitrogen and oxygen atoms in total. The van der Waals surface area contributed by atoms with Gasteiger partial charge in [0.2, 0.25) is 0 Å². The van der Waals surface area contributed by atoms with Crippen LogP contribution in [0, 0.1) is 0 Å². The van der Waals surface area contributed by atoms with Crippen molar-refractivity contribution in [1.82, 2.24) is 14.9 Å². The van der Waals surface area contributed by atoms with Crippen LogP contribution in [-0.2, 0) is 30.4 Å². The Morgan fingerprint density at radius 3 is 2.54 bits per heavy atom. The lowest BCUT2D eigenvalue weighted by molar-refractivity contribution is -0.137. The Balaban J connectivity index is 1.39. The monoisotopic (exact) mass is 618 g/mol. The van der Waals surface area contributed by atoms with Crippen LogP contribution in [0.4, 0.5) is 19.0 Å². The van der Waals surface area contributed by atoms with E-state index in [1.807, 2.05) is 0 Å². The molecule has 0 bridgehead atoms. The summed E-state index contributed by atoms with van der Waals surface area (Å²) in [4.78, 5) is 49.6. The first kappa shape index (κ1) is 28.7. The van der Waals surface area contributed by atoms with Crippen molar-refractivity contribution in [3.05, 3.63) is 109 Å². The van der Waals surface area contributed by atoms with Gasteiger partial charge in [0.05, 0.1) is 31.4 Å². The third-order valence-electron chi connectivity index (χ3n) is 6.44. The zero-order valence-corrected chi connectivity index (χ0v) is 23.2. The lowest BCUT2D eigenvalue weighted by atomic mass is 10.0. The molecular weight excluding hydrogens is 600 g/mol. The zero-order chi connectivity index (χ0) is 29.3. The number of pyridine rings is 2. The van der Waals surface area contributed by atoms with Gasteiger partial charge >= 0.3 is 6.18 Å². The number of carbonyl (C=O) groups excluding carboxylic acids is 3. The van der Waals surface area contributed by atoms with Gasteiger partial charge in [-0.15, -0.1) is 11.3 Å². The highest BCUT2D eigenvalue weighted by Crippen LogP contribution is 2.34. The van der Waals surface area contributed by atoms with Gasteiger partial charge in [-0.2, -0.15) is 13.2 Å². The van der Waals surface area contributed by atoms with Gasteiger partial charge in [0.15, 0.2) is 5.78 Å². The van der Waals surface area contributed by atoms with E-state index in [0.717, 1.165) is 23.5 Å². The second-order valence-electron chi connectivity index (χ2n) is 9.22. The lowest BCUT2D eigenvalue weighted by Crippen LogP contribution is -2.44. The van der Waals surface area contributed by atoms with Crippen molar-refractivity contribution in [3.8, 4) is 0 Å². The first-order valence-corrected chi connectivity index (χ1v) is 13.7. The van der Waals surface area contributed by atoms with Crippen LogP contribution in [0.25, 0.3) is 0 Å². The first-order chi connectivity index (χ1) is 19.5. The van der Waals surface area contributed by atoms with E-state index in [1.54, 1.807) is 36.5 Å². The SMILES string of the molecule is O=C(Nc1ccc(C(F)(F)F)cn1)c1ccc(CN2C(=O)c3sc(Cl)cc3CC(=O)C2Cc2ccccn2)cc1Cl. The van der Waals surface area contributed by atoms with Crippen molar-refractivity contribution in [2.24, 2.45) is 0 Å². The number of aromatic nitrogens is 2. The molecule has 0 saturated carbocycles. The van der Waals surface area contributed by atoms with Crippen LogP contribution in [0.2, 0.25) is 9.36 Å². The molecule has 1 unspecified atom stereocenters. The van der Waals surface area contributed by atoms with Crippen molar-refractivity contribution in [2.75, 3.05) is 5.32 Å². The molecule has 210 valence electrons. The number of ketones is 1. The van der Waals surface area contributed by atoms with Crippen molar-refractivity contribution in [1.29, 1.82) is 0 Å². The van der Waals surface area contributed by atoms with Crippen molar-refractivity contribution in [2.45, 2.75) is 31.6 Å². The van der Waals surface area contributed by atoms with Crippen molar-refractivity contribution < 1.29 is 27.6 Å². The number of rotatable bonds is 6. The fourth-order valence-electron chi connectivity index (χ4n) is 4.44. The van der Waals surface area contributed by atoms with Crippen molar-refractivity contribution >= 4 is 58.0 Å². The van der Waals surface area contributed by atoms with Gasteiger partial charge in [-0.3, -0.25) is 19.4 Å². The number of hydrogen-bond acceptors (Lipinski definition) is 6. The van der Waals surface area contributed by atoms with Crippen LogP contribution in [0.5, 0.6) is 0 Å². The molecular formula is C28H19Cl2F3N4O3S. The Morgan fingerprint density at radius 2 is 1.88 bits per heavy atom. The molecule has 3 aromatic heterocycles. The van der Waals surface area contributed by atoms with E-state index in [0.29, 0.717) is 32.2 Å². The van der Waals surface area contributed by atoms with E-state index in [-0.39, 0.29) is 47.5 Å². The maximum Gasteiger partial charge on any atom is 0.417 e. The van der Waals surface area contributed by atoms with E-state index in [2.05, 4.69) is 15.3 Å². The summed E-state index contributed by atoms with van der Waals surface area (Å²) < 4.78 is 38.8. The summed E-state index contributed by atoms with van der Waals surface area (Å²) in [6.45, 7) is 0.0130. The number of benzene rings is 1. The summed E-state index contributed by atoms with van der Waals surface area (Å²) in [5.74, 6) is -1.28. The third kappa shape index (κ3) is 6.42. The lowest BCUT2D eigenvalue weighted by Gasteiger charge is -2.29. The number of nitrogens with one attached hydrogen (secondary N) is 1. The molecule has 4 heterocycles. The number of alkyl halides is 3. The summed E-state index contributed by atoms with van der Waals surface area (Å²) in [6.07, 6.45) is -2.06.